The van der Waals surface area contributed by atoms with E-state index in [4.69, 9.17) is 9.84 Å². The molecular formula is C19H19NO4. The second-order valence-electron chi connectivity index (χ2n) is 5.88. The molecule has 1 N–H and O–H groups in total. The van der Waals surface area contributed by atoms with Crippen molar-refractivity contribution < 1.29 is 19.4 Å². The summed E-state index contributed by atoms with van der Waals surface area (Å²) in [5, 5.41) is 9.11. The summed E-state index contributed by atoms with van der Waals surface area (Å²) in [5.74, 6) is -0.134. The summed E-state index contributed by atoms with van der Waals surface area (Å²) >= 11 is 0. The molecule has 2 aromatic carbocycles. The molecule has 124 valence electrons. The SMILES string of the molecule is COc1ccc(CC(=O)N2CCc3ccc(C(=O)O)cc3C2)cc1. The van der Waals surface area contributed by atoms with Crippen LogP contribution < -0.4 is 4.74 Å². The van der Waals surface area contributed by atoms with Gasteiger partial charge in [0.1, 0.15) is 5.75 Å². The Morgan fingerprint density at radius 1 is 1.12 bits per heavy atom. The van der Waals surface area contributed by atoms with Gasteiger partial charge in [0.25, 0.3) is 0 Å². The lowest BCUT2D eigenvalue weighted by atomic mass is 9.97. The van der Waals surface area contributed by atoms with Crippen LogP contribution in [0, 0.1) is 0 Å². The maximum atomic E-state index is 12.5. The van der Waals surface area contributed by atoms with Crippen LogP contribution in [0.15, 0.2) is 42.5 Å². The molecule has 0 atom stereocenters. The van der Waals surface area contributed by atoms with Gasteiger partial charge in [0, 0.05) is 13.1 Å². The first-order valence-electron chi connectivity index (χ1n) is 7.82. The second-order valence-corrected chi connectivity index (χ2v) is 5.88. The van der Waals surface area contributed by atoms with Crippen molar-refractivity contribution in [3.05, 3.63) is 64.7 Å². The van der Waals surface area contributed by atoms with Crippen LogP contribution in [0.3, 0.4) is 0 Å². The molecule has 5 heteroatoms. The third kappa shape index (κ3) is 3.40. The van der Waals surface area contributed by atoms with Crippen LogP contribution >= 0.6 is 0 Å². The molecule has 5 nitrogen and oxygen atoms in total. The minimum Gasteiger partial charge on any atom is -0.497 e. The van der Waals surface area contributed by atoms with Gasteiger partial charge in [0.05, 0.1) is 19.1 Å². The van der Waals surface area contributed by atoms with Crippen molar-refractivity contribution in [1.29, 1.82) is 0 Å². The summed E-state index contributed by atoms with van der Waals surface area (Å²) in [6.45, 7) is 1.12. The maximum absolute atomic E-state index is 12.5. The lowest BCUT2D eigenvalue weighted by molar-refractivity contribution is -0.131. The first kappa shape index (κ1) is 16.1. The molecule has 1 aliphatic rings. The number of rotatable bonds is 4. The Labute approximate surface area is 140 Å². The zero-order valence-corrected chi connectivity index (χ0v) is 13.5. The number of benzene rings is 2. The standard InChI is InChI=1S/C19H19NO4/c1-24-17-6-2-13(3-7-17)10-18(21)20-9-8-14-4-5-15(19(22)23)11-16(14)12-20/h2-7,11H,8-10,12H2,1H3,(H,22,23). The van der Waals surface area contributed by atoms with Gasteiger partial charge < -0.3 is 14.7 Å². The Kier molecular flexibility index (Phi) is 4.51. The van der Waals surface area contributed by atoms with E-state index in [1.54, 1.807) is 24.1 Å². The Morgan fingerprint density at radius 2 is 1.88 bits per heavy atom. The third-order valence-corrected chi connectivity index (χ3v) is 4.33. The van der Waals surface area contributed by atoms with E-state index in [0.29, 0.717) is 19.5 Å². The molecule has 24 heavy (non-hydrogen) atoms. The molecule has 1 heterocycles. The normalized spacial score (nSPS) is 13.3. The molecule has 0 radical (unpaired) electrons. The molecule has 1 aliphatic heterocycles. The first-order valence-corrected chi connectivity index (χ1v) is 7.82. The number of carbonyl (C=O) groups is 2. The van der Waals surface area contributed by atoms with Gasteiger partial charge in [0.15, 0.2) is 0 Å². The molecule has 0 saturated heterocycles. The fourth-order valence-corrected chi connectivity index (χ4v) is 2.93. The summed E-state index contributed by atoms with van der Waals surface area (Å²) in [5.41, 5.74) is 3.24. The van der Waals surface area contributed by atoms with Gasteiger partial charge in [0.2, 0.25) is 5.91 Å². The van der Waals surface area contributed by atoms with Crippen LogP contribution in [-0.4, -0.2) is 35.5 Å². The molecule has 0 aliphatic carbocycles. The van der Waals surface area contributed by atoms with E-state index < -0.39 is 5.97 Å². The molecule has 1 amide bonds. The molecular weight excluding hydrogens is 306 g/mol. The number of carbonyl (C=O) groups excluding carboxylic acids is 1. The molecule has 0 saturated carbocycles. The predicted molar refractivity (Wildman–Crippen MR) is 89.2 cm³/mol. The van der Waals surface area contributed by atoms with Crippen molar-refractivity contribution in [3.8, 4) is 5.75 Å². The van der Waals surface area contributed by atoms with Crippen molar-refractivity contribution in [2.45, 2.75) is 19.4 Å². The van der Waals surface area contributed by atoms with Crippen LogP contribution in [0.25, 0.3) is 0 Å². The van der Waals surface area contributed by atoms with Crippen molar-refractivity contribution in [2.75, 3.05) is 13.7 Å². The average Bonchev–Trinajstić information content (AvgIpc) is 2.61. The molecule has 0 fully saturated rings. The van der Waals surface area contributed by atoms with E-state index in [1.807, 2.05) is 30.3 Å². The fourth-order valence-electron chi connectivity index (χ4n) is 2.93. The van der Waals surface area contributed by atoms with Gasteiger partial charge in [-0.3, -0.25) is 4.79 Å². The maximum Gasteiger partial charge on any atom is 0.335 e. The highest BCUT2D eigenvalue weighted by molar-refractivity contribution is 5.88. The summed E-state index contributed by atoms with van der Waals surface area (Å²) in [6, 6.07) is 12.6. The summed E-state index contributed by atoms with van der Waals surface area (Å²) in [4.78, 5) is 25.4. The lowest BCUT2D eigenvalue weighted by Crippen LogP contribution is -2.37. The average molecular weight is 325 g/mol. The van der Waals surface area contributed by atoms with E-state index in [2.05, 4.69) is 0 Å². The summed E-state index contributed by atoms with van der Waals surface area (Å²) in [6.07, 6.45) is 1.08. The molecule has 0 bridgehead atoms. The number of ether oxygens (including phenoxy) is 1. The van der Waals surface area contributed by atoms with E-state index in [-0.39, 0.29) is 11.5 Å². The molecule has 0 aromatic heterocycles. The van der Waals surface area contributed by atoms with Crippen LogP contribution in [0.4, 0.5) is 0 Å². The topological polar surface area (TPSA) is 66.8 Å². The number of fused-ring (bicyclic) bond motifs is 1. The Balaban J connectivity index is 1.70. The minimum absolute atomic E-state index is 0.0477. The van der Waals surface area contributed by atoms with E-state index in [9.17, 15) is 9.59 Å². The third-order valence-electron chi connectivity index (χ3n) is 4.33. The molecule has 3 rings (SSSR count). The van der Waals surface area contributed by atoms with E-state index >= 15 is 0 Å². The quantitative estimate of drug-likeness (QED) is 0.938. The highest BCUT2D eigenvalue weighted by atomic mass is 16.5. The Bertz CT molecular complexity index is 767. The fraction of sp³-hybridized carbons (Fsp3) is 0.263. The number of nitrogens with zero attached hydrogens (tertiary/aromatic N) is 1. The van der Waals surface area contributed by atoms with E-state index in [0.717, 1.165) is 28.9 Å². The van der Waals surface area contributed by atoms with Crippen molar-refractivity contribution in [3.63, 3.8) is 0 Å². The van der Waals surface area contributed by atoms with Crippen molar-refractivity contribution in [1.82, 2.24) is 4.90 Å². The van der Waals surface area contributed by atoms with E-state index in [1.165, 1.54) is 0 Å². The second kappa shape index (κ2) is 6.74. The summed E-state index contributed by atoms with van der Waals surface area (Å²) < 4.78 is 5.12. The number of hydrogen-bond donors (Lipinski definition) is 1. The van der Waals surface area contributed by atoms with Crippen molar-refractivity contribution in [2.24, 2.45) is 0 Å². The molecule has 0 unspecified atom stereocenters. The highest BCUT2D eigenvalue weighted by Gasteiger charge is 2.21. The predicted octanol–water partition coefficient (Wildman–Crippen LogP) is 2.52. The lowest BCUT2D eigenvalue weighted by Gasteiger charge is -2.29. The Morgan fingerprint density at radius 3 is 2.54 bits per heavy atom. The number of aromatic carboxylic acids is 1. The largest absolute Gasteiger partial charge is 0.497 e. The summed E-state index contributed by atoms with van der Waals surface area (Å²) in [7, 11) is 1.61. The van der Waals surface area contributed by atoms with Crippen LogP contribution in [0.1, 0.15) is 27.0 Å². The van der Waals surface area contributed by atoms with Gasteiger partial charge in [-0.05, 0) is 47.4 Å². The first-order chi connectivity index (χ1) is 11.6. The van der Waals surface area contributed by atoms with Crippen LogP contribution in [0.2, 0.25) is 0 Å². The number of amides is 1. The van der Waals surface area contributed by atoms with Crippen molar-refractivity contribution >= 4 is 11.9 Å². The number of carboxylic acids is 1. The molecule has 2 aromatic rings. The van der Waals surface area contributed by atoms with Gasteiger partial charge >= 0.3 is 5.97 Å². The highest BCUT2D eigenvalue weighted by Crippen LogP contribution is 2.21. The zero-order chi connectivity index (χ0) is 17.1. The zero-order valence-electron chi connectivity index (χ0n) is 13.5. The number of carboxylic acid groups (broad SMARTS) is 1. The Hall–Kier alpha value is -2.82. The van der Waals surface area contributed by atoms with Gasteiger partial charge in [-0.25, -0.2) is 4.79 Å². The van der Waals surface area contributed by atoms with Gasteiger partial charge in [-0.15, -0.1) is 0 Å². The van der Waals surface area contributed by atoms with Crippen LogP contribution in [-0.2, 0) is 24.2 Å². The van der Waals surface area contributed by atoms with Crippen LogP contribution in [0.5, 0.6) is 5.75 Å². The van der Waals surface area contributed by atoms with Gasteiger partial charge in [-0.2, -0.15) is 0 Å². The van der Waals surface area contributed by atoms with Gasteiger partial charge in [-0.1, -0.05) is 18.2 Å². The number of methoxy groups -OCH3 is 1. The molecule has 0 spiro atoms. The smallest absolute Gasteiger partial charge is 0.335 e. The monoisotopic (exact) mass is 325 g/mol. The minimum atomic E-state index is -0.945. The number of hydrogen-bond acceptors (Lipinski definition) is 3.